The van der Waals surface area contributed by atoms with E-state index in [0.717, 1.165) is 12.8 Å². The number of aryl methyl sites for hydroxylation is 1. The molecule has 4 aromatic rings. The Balaban J connectivity index is 1.55. The number of hydrogen-bond acceptors (Lipinski definition) is 7. The number of carbonyl (C=O) groups excluding carboxylic acids is 1. The number of ether oxygens (including phenoxy) is 1. The predicted molar refractivity (Wildman–Crippen MR) is 131 cm³/mol. The minimum absolute atomic E-state index is 0.236. The number of nitrogens with one attached hydrogen (secondary N) is 1. The van der Waals surface area contributed by atoms with Crippen molar-refractivity contribution >= 4 is 22.4 Å². The van der Waals surface area contributed by atoms with Gasteiger partial charge >= 0.3 is 0 Å². The molecule has 0 unspecified atom stereocenters. The van der Waals surface area contributed by atoms with E-state index >= 15 is 0 Å². The molecule has 1 aromatic carbocycles. The predicted octanol–water partition coefficient (Wildman–Crippen LogP) is 4.96. The van der Waals surface area contributed by atoms with Gasteiger partial charge in [0.2, 0.25) is 5.13 Å². The fourth-order valence-corrected chi connectivity index (χ4v) is 4.13. The van der Waals surface area contributed by atoms with Gasteiger partial charge in [-0.05, 0) is 48.6 Å². The largest absolute Gasteiger partial charge is 0.494 e. The monoisotopic (exact) mass is 506 g/mol. The van der Waals surface area contributed by atoms with E-state index in [1.165, 1.54) is 30.7 Å². The molecule has 0 aliphatic heterocycles. The third-order valence-corrected chi connectivity index (χ3v) is 6.26. The summed E-state index contributed by atoms with van der Waals surface area (Å²) in [6.07, 6.45) is 2.41. The van der Waals surface area contributed by atoms with E-state index in [2.05, 4.69) is 37.4 Å². The van der Waals surface area contributed by atoms with Crippen LogP contribution in [-0.2, 0) is 7.05 Å². The van der Waals surface area contributed by atoms with E-state index in [0.29, 0.717) is 33.3 Å². The topological polar surface area (TPSA) is 94.8 Å². The maximum atomic E-state index is 13.5. The zero-order valence-electron chi connectivity index (χ0n) is 19.3. The molecule has 3 aromatic heterocycles. The van der Waals surface area contributed by atoms with Crippen molar-refractivity contribution in [3.05, 3.63) is 59.0 Å². The van der Waals surface area contributed by atoms with Crippen LogP contribution in [-0.4, -0.2) is 38.0 Å². The van der Waals surface area contributed by atoms with Gasteiger partial charge in [-0.2, -0.15) is 5.10 Å². The Labute approximate surface area is 209 Å². The Morgan fingerprint density at radius 2 is 2.06 bits per heavy atom. The van der Waals surface area contributed by atoms with Crippen LogP contribution < -0.4 is 10.1 Å². The average molecular weight is 507 g/mol. The molecule has 0 radical (unpaired) electrons. The molecule has 0 saturated heterocycles. The maximum absolute atomic E-state index is 13.5. The Hall–Kier alpha value is -4.17. The van der Waals surface area contributed by atoms with E-state index in [1.54, 1.807) is 36.1 Å². The lowest BCUT2D eigenvalue weighted by Crippen LogP contribution is -2.13. The van der Waals surface area contributed by atoms with Crippen LogP contribution in [0.4, 0.5) is 13.9 Å². The molecule has 1 saturated carbocycles. The normalized spacial score (nSPS) is 12.8. The number of aromatic nitrogens is 5. The number of alkyl halides is 2. The molecule has 0 atom stereocenters. The van der Waals surface area contributed by atoms with Crippen LogP contribution in [0.2, 0.25) is 0 Å². The summed E-state index contributed by atoms with van der Waals surface area (Å²) in [4.78, 5) is 17.1. The van der Waals surface area contributed by atoms with Crippen LogP contribution in [0.1, 0.15) is 40.3 Å². The summed E-state index contributed by atoms with van der Waals surface area (Å²) in [6, 6.07) is 8.13. The molecule has 8 nitrogen and oxygen atoms in total. The van der Waals surface area contributed by atoms with Gasteiger partial charge in [-0.1, -0.05) is 23.3 Å². The van der Waals surface area contributed by atoms with Gasteiger partial charge in [-0.25, -0.2) is 8.78 Å². The molecule has 1 aliphatic carbocycles. The lowest BCUT2D eigenvalue weighted by Gasteiger charge is -2.15. The summed E-state index contributed by atoms with van der Waals surface area (Å²) in [5, 5.41) is 16.0. The van der Waals surface area contributed by atoms with Gasteiger partial charge in [0.05, 0.1) is 19.0 Å². The van der Waals surface area contributed by atoms with Crippen molar-refractivity contribution in [3.8, 4) is 40.0 Å². The second kappa shape index (κ2) is 9.83. The molecule has 1 aliphatic rings. The SMILES string of the molecule is COc1cnc(C(F)F)cc1-c1cc(-c2ccn(C)n2)ccc1C(=O)Nc1nnc(C#CC2CC2)s1. The smallest absolute Gasteiger partial charge is 0.280 e. The lowest BCUT2D eigenvalue weighted by atomic mass is 9.95. The van der Waals surface area contributed by atoms with Gasteiger partial charge in [0.1, 0.15) is 11.4 Å². The first-order valence-corrected chi connectivity index (χ1v) is 11.9. The molecule has 0 bridgehead atoms. The van der Waals surface area contributed by atoms with Gasteiger partial charge in [0.15, 0.2) is 5.01 Å². The number of nitrogens with zero attached hydrogens (tertiary/aromatic N) is 5. The van der Waals surface area contributed by atoms with Crippen molar-refractivity contribution in [2.24, 2.45) is 13.0 Å². The fourth-order valence-electron chi connectivity index (χ4n) is 3.53. The van der Waals surface area contributed by atoms with Gasteiger partial charge < -0.3 is 4.74 Å². The Kier molecular flexibility index (Phi) is 6.43. The highest BCUT2D eigenvalue weighted by Crippen LogP contribution is 2.37. The maximum Gasteiger partial charge on any atom is 0.280 e. The summed E-state index contributed by atoms with van der Waals surface area (Å²) in [5.41, 5.74) is 1.86. The van der Waals surface area contributed by atoms with Crippen molar-refractivity contribution in [3.63, 3.8) is 0 Å². The lowest BCUT2D eigenvalue weighted by molar-refractivity contribution is 0.102. The number of hydrogen-bond donors (Lipinski definition) is 1. The van der Waals surface area contributed by atoms with Crippen LogP contribution in [0.15, 0.2) is 42.7 Å². The summed E-state index contributed by atoms with van der Waals surface area (Å²) < 4.78 is 34.0. The molecule has 1 amide bonds. The van der Waals surface area contributed by atoms with Crippen LogP contribution in [0.25, 0.3) is 22.4 Å². The highest BCUT2D eigenvalue weighted by Gasteiger charge is 2.22. The summed E-state index contributed by atoms with van der Waals surface area (Å²) >= 11 is 1.17. The molecular weight excluding hydrogens is 486 g/mol. The summed E-state index contributed by atoms with van der Waals surface area (Å²) in [5.74, 6) is 6.27. The van der Waals surface area contributed by atoms with Crippen molar-refractivity contribution in [1.82, 2.24) is 25.0 Å². The minimum Gasteiger partial charge on any atom is -0.494 e. The molecule has 0 spiro atoms. The fraction of sp³-hybridized carbons (Fsp3) is 0.240. The van der Waals surface area contributed by atoms with Crippen LogP contribution in [0, 0.1) is 17.8 Å². The first kappa shape index (κ1) is 23.6. The quantitative estimate of drug-likeness (QED) is 0.372. The van der Waals surface area contributed by atoms with Crippen LogP contribution >= 0.6 is 11.3 Å². The van der Waals surface area contributed by atoms with Crippen molar-refractivity contribution in [2.75, 3.05) is 12.4 Å². The number of halogens is 2. The zero-order chi connectivity index (χ0) is 25.2. The van der Waals surface area contributed by atoms with E-state index in [1.807, 2.05) is 6.07 Å². The molecule has 182 valence electrons. The number of anilines is 1. The minimum atomic E-state index is -2.79. The van der Waals surface area contributed by atoms with Crippen molar-refractivity contribution in [1.29, 1.82) is 0 Å². The van der Waals surface area contributed by atoms with E-state index in [4.69, 9.17) is 4.74 Å². The molecule has 5 rings (SSSR count). The molecule has 3 heterocycles. The molecule has 1 fully saturated rings. The number of carbonyl (C=O) groups is 1. The Morgan fingerprint density at radius 3 is 2.75 bits per heavy atom. The number of rotatable bonds is 6. The molecular formula is C25H20F2N6O2S. The van der Waals surface area contributed by atoms with E-state index < -0.39 is 18.0 Å². The van der Waals surface area contributed by atoms with Crippen molar-refractivity contribution in [2.45, 2.75) is 19.3 Å². The Morgan fingerprint density at radius 1 is 1.22 bits per heavy atom. The number of pyridine rings is 1. The number of methoxy groups -OCH3 is 1. The van der Waals surface area contributed by atoms with Crippen LogP contribution in [0.3, 0.4) is 0 Å². The standard InChI is InChI=1S/C25H20F2N6O2S/c1-33-10-9-19(32-33)15-6-7-16(17(11-15)18-12-20(23(26)27)28-13-21(18)35-2)24(34)29-25-31-30-22(36-25)8-5-14-3-4-14/h6-7,9-14,23H,3-4H2,1-2H3,(H,29,31,34). The van der Waals surface area contributed by atoms with Gasteiger partial charge in [0.25, 0.3) is 12.3 Å². The molecule has 11 heteroatoms. The second-order valence-corrected chi connectivity index (χ2v) is 9.13. The second-order valence-electron chi connectivity index (χ2n) is 8.16. The summed E-state index contributed by atoms with van der Waals surface area (Å²) in [7, 11) is 3.20. The third kappa shape index (κ3) is 5.08. The highest BCUT2D eigenvalue weighted by molar-refractivity contribution is 7.15. The number of benzene rings is 1. The van der Waals surface area contributed by atoms with Gasteiger partial charge in [0, 0.05) is 35.9 Å². The zero-order valence-corrected chi connectivity index (χ0v) is 20.1. The Bertz CT molecular complexity index is 1500. The first-order chi connectivity index (χ1) is 17.4. The van der Waals surface area contributed by atoms with E-state index in [-0.39, 0.29) is 16.4 Å². The van der Waals surface area contributed by atoms with Crippen LogP contribution in [0.5, 0.6) is 5.75 Å². The van der Waals surface area contributed by atoms with Gasteiger partial charge in [-0.3, -0.25) is 19.8 Å². The van der Waals surface area contributed by atoms with Gasteiger partial charge in [-0.15, -0.1) is 10.2 Å². The third-order valence-electron chi connectivity index (χ3n) is 5.50. The summed E-state index contributed by atoms with van der Waals surface area (Å²) in [6.45, 7) is 0. The first-order valence-electron chi connectivity index (χ1n) is 11.0. The number of amides is 1. The molecule has 1 N–H and O–H groups in total. The van der Waals surface area contributed by atoms with E-state index in [9.17, 15) is 13.6 Å². The average Bonchev–Trinajstić information content (AvgIpc) is 3.44. The molecule has 36 heavy (non-hydrogen) atoms. The highest BCUT2D eigenvalue weighted by atomic mass is 32.1. The van der Waals surface area contributed by atoms with Crippen molar-refractivity contribution < 1.29 is 18.3 Å².